The third-order valence-corrected chi connectivity index (χ3v) is 3.59. The van der Waals surface area contributed by atoms with E-state index in [1.54, 1.807) is 11.8 Å². The molecule has 18 heavy (non-hydrogen) atoms. The van der Waals surface area contributed by atoms with Crippen LogP contribution in [0.3, 0.4) is 0 Å². The Kier molecular flexibility index (Phi) is 6.01. The van der Waals surface area contributed by atoms with Crippen molar-refractivity contribution >= 4 is 23.5 Å². The molecule has 0 bridgehead atoms. The molecule has 2 unspecified atom stereocenters. The van der Waals surface area contributed by atoms with Crippen LogP contribution < -0.4 is 16.4 Å². The smallest absolute Gasteiger partial charge is 0.319 e. The second kappa shape index (κ2) is 7.28. The van der Waals surface area contributed by atoms with Crippen LogP contribution in [0, 0.1) is 0 Å². The van der Waals surface area contributed by atoms with Crippen LogP contribution in [0.15, 0.2) is 24.3 Å². The van der Waals surface area contributed by atoms with Crippen LogP contribution in [0.1, 0.15) is 25.5 Å². The van der Waals surface area contributed by atoms with Gasteiger partial charge < -0.3 is 16.4 Å². The fourth-order valence-corrected chi connectivity index (χ4v) is 1.64. The molecular formula is C13H21N3OS. The SMILES string of the molecule is CSC(C)CNC(=O)Nc1cccc(C(C)N)c1. The summed E-state index contributed by atoms with van der Waals surface area (Å²) in [5.74, 6) is 0. The average molecular weight is 267 g/mol. The first-order chi connectivity index (χ1) is 8.52. The van der Waals surface area contributed by atoms with E-state index >= 15 is 0 Å². The summed E-state index contributed by atoms with van der Waals surface area (Å²) in [6, 6.07) is 7.36. The second-order valence-corrected chi connectivity index (χ2v) is 5.57. The molecule has 100 valence electrons. The Morgan fingerprint density at radius 3 is 2.78 bits per heavy atom. The van der Waals surface area contributed by atoms with Crippen molar-refractivity contribution in [1.82, 2.24) is 5.32 Å². The summed E-state index contributed by atoms with van der Waals surface area (Å²) in [6.07, 6.45) is 2.02. The van der Waals surface area contributed by atoms with Crippen LogP contribution in [0.5, 0.6) is 0 Å². The highest BCUT2D eigenvalue weighted by atomic mass is 32.2. The third kappa shape index (κ3) is 4.98. The molecule has 0 fully saturated rings. The molecule has 2 atom stereocenters. The van der Waals surface area contributed by atoms with Gasteiger partial charge in [0.25, 0.3) is 0 Å². The zero-order valence-electron chi connectivity index (χ0n) is 11.1. The molecule has 0 aliphatic carbocycles. The predicted octanol–water partition coefficient (Wildman–Crippen LogP) is 2.58. The van der Waals surface area contributed by atoms with E-state index in [0.29, 0.717) is 11.8 Å². The average Bonchev–Trinajstić information content (AvgIpc) is 2.36. The highest BCUT2D eigenvalue weighted by Crippen LogP contribution is 2.15. The van der Waals surface area contributed by atoms with Crippen LogP contribution >= 0.6 is 11.8 Å². The molecule has 0 saturated heterocycles. The van der Waals surface area contributed by atoms with E-state index in [9.17, 15) is 4.79 Å². The maximum absolute atomic E-state index is 11.7. The van der Waals surface area contributed by atoms with Crippen molar-refractivity contribution in [3.63, 3.8) is 0 Å². The molecular weight excluding hydrogens is 246 g/mol. The van der Waals surface area contributed by atoms with Gasteiger partial charge in [-0.1, -0.05) is 19.1 Å². The van der Waals surface area contributed by atoms with Crippen LogP contribution in [-0.2, 0) is 0 Å². The zero-order valence-corrected chi connectivity index (χ0v) is 11.9. The van der Waals surface area contributed by atoms with Gasteiger partial charge >= 0.3 is 6.03 Å². The monoisotopic (exact) mass is 267 g/mol. The molecule has 0 aromatic heterocycles. The van der Waals surface area contributed by atoms with E-state index < -0.39 is 0 Å². The summed E-state index contributed by atoms with van der Waals surface area (Å²) < 4.78 is 0. The number of thioether (sulfide) groups is 1. The lowest BCUT2D eigenvalue weighted by Crippen LogP contribution is -2.33. The molecule has 0 saturated carbocycles. The maximum Gasteiger partial charge on any atom is 0.319 e. The van der Waals surface area contributed by atoms with E-state index in [0.717, 1.165) is 11.3 Å². The van der Waals surface area contributed by atoms with E-state index in [4.69, 9.17) is 5.73 Å². The van der Waals surface area contributed by atoms with Gasteiger partial charge in [0, 0.05) is 23.5 Å². The molecule has 1 rings (SSSR count). The van der Waals surface area contributed by atoms with Gasteiger partial charge in [0.1, 0.15) is 0 Å². The number of benzene rings is 1. The standard InChI is InChI=1S/C13H21N3OS/c1-9(18-3)8-15-13(17)16-12-6-4-5-11(7-12)10(2)14/h4-7,9-10H,8,14H2,1-3H3,(H2,15,16,17). The van der Waals surface area contributed by atoms with Crippen molar-refractivity contribution in [3.8, 4) is 0 Å². The molecule has 0 aliphatic rings. The summed E-state index contributed by atoms with van der Waals surface area (Å²) in [5, 5.41) is 6.04. The summed E-state index contributed by atoms with van der Waals surface area (Å²) in [4.78, 5) is 11.7. The van der Waals surface area contributed by atoms with Crippen LogP contribution in [0.2, 0.25) is 0 Å². The van der Waals surface area contributed by atoms with Gasteiger partial charge in [-0.15, -0.1) is 0 Å². The Hall–Kier alpha value is -1.20. The fraction of sp³-hybridized carbons (Fsp3) is 0.462. The third-order valence-electron chi connectivity index (χ3n) is 2.62. The van der Waals surface area contributed by atoms with Gasteiger partial charge in [0.05, 0.1) is 0 Å². The Bertz CT molecular complexity index is 396. The van der Waals surface area contributed by atoms with Gasteiger partial charge in [0.2, 0.25) is 0 Å². The van der Waals surface area contributed by atoms with E-state index in [-0.39, 0.29) is 12.1 Å². The van der Waals surface area contributed by atoms with Gasteiger partial charge in [-0.05, 0) is 30.9 Å². The van der Waals surface area contributed by atoms with Gasteiger partial charge in [-0.2, -0.15) is 11.8 Å². The second-order valence-electron chi connectivity index (χ2n) is 4.30. The fourth-order valence-electron chi connectivity index (χ4n) is 1.39. The molecule has 0 spiro atoms. The number of hydrogen-bond donors (Lipinski definition) is 3. The Morgan fingerprint density at radius 2 is 2.17 bits per heavy atom. The van der Waals surface area contributed by atoms with Gasteiger partial charge in [-0.3, -0.25) is 0 Å². The first-order valence-electron chi connectivity index (χ1n) is 5.96. The van der Waals surface area contributed by atoms with Crippen molar-refractivity contribution < 1.29 is 4.79 Å². The predicted molar refractivity (Wildman–Crippen MR) is 79.0 cm³/mol. The number of amides is 2. The minimum absolute atomic E-state index is 0.0358. The molecule has 0 aliphatic heterocycles. The van der Waals surface area contributed by atoms with E-state index in [2.05, 4.69) is 17.6 Å². The largest absolute Gasteiger partial charge is 0.337 e. The van der Waals surface area contributed by atoms with Crippen molar-refractivity contribution in [2.24, 2.45) is 5.73 Å². The number of anilines is 1. The first-order valence-corrected chi connectivity index (χ1v) is 7.25. The molecule has 1 aromatic carbocycles. The molecule has 2 amide bonds. The normalized spacial score (nSPS) is 13.8. The minimum Gasteiger partial charge on any atom is -0.337 e. The molecule has 4 nitrogen and oxygen atoms in total. The van der Waals surface area contributed by atoms with Crippen molar-refractivity contribution in [1.29, 1.82) is 0 Å². The molecule has 0 radical (unpaired) electrons. The summed E-state index contributed by atoms with van der Waals surface area (Å²) in [5.41, 5.74) is 7.57. The highest BCUT2D eigenvalue weighted by molar-refractivity contribution is 7.99. The molecule has 0 heterocycles. The van der Waals surface area contributed by atoms with Crippen LogP contribution in [0.25, 0.3) is 0 Å². The maximum atomic E-state index is 11.7. The topological polar surface area (TPSA) is 67.2 Å². The van der Waals surface area contributed by atoms with Crippen molar-refractivity contribution in [3.05, 3.63) is 29.8 Å². The van der Waals surface area contributed by atoms with Crippen LogP contribution in [0.4, 0.5) is 10.5 Å². The molecule has 1 aromatic rings. The lowest BCUT2D eigenvalue weighted by molar-refractivity contribution is 0.252. The number of rotatable bonds is 5. The number of carbonyl (C=O) groups excluding carboxylic acids is 1. The van der Waals surface area contributed by atoms with Gasteiger partial charge in [-0.25, -0.2) is 4.79 Å². The number of hydrogen-bond acceptors (Lipinski definition) is 3. The molecule has 4 N–H and O–H groups in total. The van der Waals surface area contributed by atoms with E-state index in [1.165, 1.54) is 0 Å². The van der Waals surface area contributed by atoms with Crippen LogP contribution in [-0.4, -0.2) is 24.1 Å². The Morgan fingerprint density at radius 1 is 1.44 bits per heavy atom. The Labute approximate surface area is 113 Å². The number of nitrogens with two attached hydrogens (primary N) is 1. The lowest BCUT2D eigenvalue weighted by atomic mass is 10.1. The van der Waals surface area contributed by atoms with Gasteiger partial charge in [0.15, 0.2) is 0 Å². The quantitative estimate of drug-likeness (QED) is 0.768. The van der Waals surface area contributed by atoms with E-state index in [1.807, 2.05) is 37.4 Å². The minimum atomic E-state index is -0.183. The van der Waals surface area contributed by atoms with Crippen molar-refractivity contribution in [2.75, 3.05) is 18.1 Å². The summed E-state index contributed by atoms with van der Waals surface area (Å²) in [6.45, 7) is 4.64. The Balaban J connectivity index is 2.51. The highest BCUT2D eigenvalue weighted by Gasteiger charge is 2.05. The number of urea groups is 1. The summed E-state index contributed by atoms with van der Waals surface area (Å²) >= 11 is 1.72. The zero-order chi connectivity index (χ0) is 13.5. The number of nitrogens with one attached hydrogen (secondary N) is 2. The lowest BCUT2D eigenvalue weighted by Gasteiger charge is -2.12. The molecule has 5 heteroatoms. The first kappa shape index (κ1) is 14.9. The van der Waals surface area contributed by atoms with Crippen molar-refractivity contribution in [2.45, 2.75) is 25.1 Å². The number of carbonyl (C=O) groups is 1. The summed E-state index contributed by atoms with van der Waals surface area (Å²) in [7, 11) is 0.